The van der Waals surface area contributed by atoms with Gasteiger partial charge < -0.3 is 23.5 Å². The molecular weight excluding hydrogens is 378 g/mol. The van der Waals surface area contributed by atoms with Gasteiger partial charge in [-0.25, -0.2) is 4.98 Å². The first kappa shape index (κ1) is 17.4. The number of fused-ring (bicyclic) bond motifs is 3. The average Bonchev–Trinajstić information content (AvgIpc) is 3.36. The van der Waals surface area contributed by atoms with E-state index in [4.69, 9.17) is 28.6 Å². The Hall–Kier alpha value is -2.71. The first-order chi connectivity index (χ1) is 13.8. The van der Waals surface area contributed by atoms with Crippen LogP contribution in [0.15, 0.2) is 51.0 Å². The molecular formula is C20H19N3O4S. The van der Waals surface area contributed by atoms with E-state index in [2.05, 4.69) is 11.0 Å². The van der Waals surface area contributed by atoms with Crippen LogP contribution in [-0.4, -0.2) is 42.1 Å². The number of aliphatic imine (C=N–C) groups is 1. The van der Waals surface area contributed by atoms with E-state index in [9.17, 15) is 0 Å². The van der Waals surface area contributed by atoms with Crippen LogP contribution in [0.4, 0.5) is 0 Å². The molecule has 2 aliphatic rings. The number of rotatable bonds is 5. The summed E-state index contributed by atoms with van der Waals surface area (Å²) in [4.78, 5) is 11.8. The van der Waals surface area contributed by atoms with E-state index in [0.29, 0.717) is 26.2 Å². The van der Waals surface area contributed by atoms with Gasteiger partial charge in [0.2, 0.25) is 6.79 Å². The van der Waals surface area contributed by atoms with Crippen molar-refractivity contribution in [3.63, 3.8) is 0 Å². The molecule has 0 bridgehead atoms. The van der Waals surface area contributed by atoms with Crippen molar-refractivity contribution < 1.29 is 18.6 Å². The van der Waals surface area contributed by atoms with Crippen molar-refractivity contribution in [2.75, 3.05) is 27.1 Å². The van der Waals surface area contributed by atoms with Crippen molar-refractivity contribution in [3.05, 3.63) is 47.9 Å². The molecule has 7 nitrogen and oxygen atoms in total. The van der Waals surface area contributed by atoms with Crippen LogP contribution in [0.1, 0.15) is 11.3 Å². The normalized spacial score (nSPS) is 16.8. The zero-order valence-corrected chi connectivity index (χ0v) is 16.2. The second-order valence-electron chi connectivity index (χ2n) is 6.55. The zero-order valence-electron chi connectivity index (χ0n) is 15.4. The van der Waals surface area contributed by atoms with E-state index in [-0.39, 0.29) is 6.79 Å². The monoisotopic (exact) mass is 397 g/mol. The molecule has 0 fully saturated rings. The number of furan rings is 1. The molecule has 0 amide bonds. The molecule has 0 N–H and O–H groups in total. The molecule has 28 heavy (non-hydrogen) atoms. The number of aromatic nitrogens is 1. The maximum absolute atomic E-state index is 5.54. The van der Waals surface area contributed by atoms with E-state index < -0.39 is 0 Å². The molecule has 4 heterocycles. The van der Waals surface area contributed by atoms with Gasteiger partial charge in [-0.05, 0) is 36.0 Å². The van der Waals surface area contributed by atoms with Crippen LogP contribution in [0.2, 0.25) is 0 Å². The maximum atomic E-state index is 5.54. The van der Waals surface area contributed by atoms with Crippen molar-refractivity contribution in [3.8, 4) is 11.5 Å². The van der Waals surface area contributed by atoms with Crippen molar-refractivity contribution >= 4 is 27.8 Å². The SMILES string of the molecule is COCCN=C1Sc2nc3cc4c(cc3cc2CN1Cc1ccco1)OCO4. The maximum Gasteiger partial charge on any atom is 0.231 e. The van der Waals surface area contributed by atoms with Gasteiger partial charge in [-0.2, -0.15) is 0 Å². The minimum Gasteiger partial charge on any atom is -0.467 e. The number of methoxy groups -OCH3 is 1. The van der Waals surface area contributed by atoms with E-state index in [1.165, 1.54) is 0 Å². The van der Waals surface area contributed by atoms with E-state index in [0.717, 1.165) is 43.9 Å². The summed E-state index contributed by atoms with van der Waals surface area (Å²) in [5.74, 6) is 2.42. The van der Waals surface area contributed by atoms with Crippen molar-refractivity contribution in [2.45, 2.75) is 18.1 Å². The molecule has 1 aromatic carbocycles. The summed E-state index contributed by atoms with van der Waals surface area (Å²) < 4.78 is 21.7. The fourth-order valence-corrected chi connectivity index (χ4v) is 4.28. The van der Waals surface area contributed by atoms with Gasteiger partial charge in [-0.15, -0.1) is 0 Å². The Labute approximate surface area is 166 Å². The van der Waals surface area contributed by atoms with E-state index in [1.807, 2.05) is 24.3 Å². The fourth-order valence-electron chi connectivity index (χ4n) is 3.29. The van der Waals surface area contributed by atoms with Crippen LogP contribution in [-0.2, 0) is 17.8 Å². The molecule has 0 atom stereocenters. The highest BCUT2D eigenvalue weighted by atomic mass is 32.2. The third-order valence-corrected chi connectivity index (χ3v) is 5.75. The van der Waals surface area contributed by atoms with Gasteiger partial charge in [0, 0.05) is 30.7 Å². The largest absolute Gasteiger partial charge is 0.467 e. The van der Waals surface area contributed by atoms with Gasteiger partial charge in [0.1, 0.15) is 10.8 Å². The molecule has 144 valence electrons. The second kappa shape index (κ2) is 7.37. The molecule has 8 heteroatoms. The summed E-state index contributed by atoms with van der Waals surface area (Å²) >= 11 is 1.58. The lowest BCUT2D eigenvalue weighted by atomic mass is 10.1. The summed E-state index contributed by atoms with van der Waals surface area (Å²) in [6, 6.07) is 9.99. The topological polar surface area (TPSA) is 69.3 Å². The zero-order chi connectivity index (χ0) is 18.9. The van der Waals surface area contributed by atoms with Gasteiger partial charge in [-0.3, -0.25) is 4.99 Å². The number of hydrogen-bond donors (Lipinski definition) is 0. The number of benzene rings is 1. The standard InChI is InChI=1S/C20H19N3O4S/c1-24-6-4-21-20-23(11-15-3-2-5-25-15)10-14-7-13-8-17-18(27-12-26-17)9-16(13)22-19(14)28-20/h2-3,5,7-9H,4,6,10-12H2,1H3. The molecule has 0 radical (unpaired) electrons. The lowest BCUT2D eigenvalue weighted by Crippen LogP contribution is -2.32. The van der Waals surface area contributed by atoms with Crippen LogP contribution in [0.25, 0.3) is 10.9 Å². The summed E-state index contributed by atoms with van der Waals surface area (Å²) in [6.07, 6.45) is 1.69. The minimum atomic E-state index is 0.257. The van der Waals surface area contributed by atoms with Crippen molar-refractivity contribution in [1.29, 1.82) is 0 Å². The van der Waals surface area contributed by atoms with Crippen LogP contribution >= 0.6 is 11.8 Å². The predicted molar refractivity (Wildman–Crippen MR) is 106 cm³/mol. The number of nitrogens with zero attached hydrogens (tertiary/aromatic N) is 3. The van der Waals surface area contributed by atoms with Gasteiger partial charge in [0.25, 0.3) is 0 Å². The third kappa shape index (κ3) is 3.29. The van der Waals surface area contributed by atoms with Crippen LogP contribution in [0, 0.1) is 0 Å². The molecule has 0 spiro atoms. The summed E-state index contributed by atoms with van der Waals surface area (Å²) in [7, 11) is 1.68. The molecule has 2 aliphatic heterocycles. The highest BCUT2D eigenvalue weighted by Gasteiger charge is 2.26. The molecule has 2 aromatic heterocycles. The number of thioether (sulfide) groups is 1. The van der Waals surface area contributed by atoms with Crippen LogP contribution < -0.4 is 9.47 Å². The highest BCUT2D eigenvalue weighted by Crippen LogP contribution is 2.39. The number of pyridine rings is 1. The molecule has 0 unspecified atom stereocenters. The van der Waals surface area contributed by atoms with Gasteiger partial charge >= 0.3 is 0 Å². The summed E-state index contributed by atoms with van der Waals surface area (Å²) in [6.45, 7) is 2.82. The highest BCUT2D eigenvalue weighted by molar-refractivity contribution is 8.13. The first-order valence-electron chi connectivity index (χ1n) is 9.02. The number of ether oxygens (including phenoxy) is 3. The number of hydrogen-bond acceptors (Lipinski definition) is 7. The Kier molecular flexibility index (Phi) is 4.58. The molecule has 0 saturated carbocycles. The number of amidine groups is 1. The second-order valence-corrected chi connectivity index (χ2v) is 7.50. The molecule has 0 saturated heterocycles. The molecule has 3 aromatic rings. The molecule has 0 aliphatic carbocycles. The Bertz CT molecular complexity index is 1040. The van der Waals surface area contributed by atoms with Crippen LogP contribution in [0.3, 0.4) is 0 Å². The quantitative estimate of drug-likeness (QED) is 0.609. The van der Waals surface area contributed by atoms with Gasteiger partial charge in [0.15, 0.2) is 16.7 Å². The van der Waals surface area contributed by atoms with Crippen LogP contribution in [0.5, 0.6) is 11.5 Å². The Morgan fingerprint density at radius 1 is 1.25 bits per heavy atom. The first-order valence-corrected chi connectivity index (χ1v) is 9.83. The third-order valence-electron chi connectivity index (χ3n) is 4.64. The lowest BCUT2D eigenvalue weighted by Gasteiger charge is -2.30. The predicted octanol–water partition coefficient (Wildman–Crippen LogP) is 3.67. The Balaban J connectivity index is 1.51. The van der Waals surface area contributed by atoms with Gasteiger partial charge in [0.05, 0.1) is 31.5 Å². The van der Waals surface area contributed by atoms with Gasteiger partial charge in [-0.1, -0.05) is 0 Å². The smallest absolute Gasteiger partial charge is 0.231 e. The Morgan fingerprint density at radius 2 is 2.14 bits per heavy atom. The lowest BCUT2D eigenvalue weighted by molar-refractivity contribution is 0.174. The summed E-state index contributed by atoms with van der Waals surface area (Å²) in [5.41, 5.74) is 2.06. The minimum absolute atomic E-state index is 0.257. The molecule has 5 rings (SSSR count). The summed E-state index contributed by atoms with van der Waals surface area (Å²) in [5, 5.41) is 2.94. The van der Waals surface area contributed by atoms with Crippen molar-refractivity contribution in [2.24, 2.45) is 4.99 Å². The van der Waals surface area contributed by atoms with Crippen molar-refractivity contribution in [1.82, 2.24) is 9.88 Å². The van der Waals surface area contributed by atoms with E-state index >= 15 is 0 Å². The average molecular weight is 397 g/mol. The Morgan fingerprint density at radius 3 is 2.96 bits per heavy atom. The van der Waals surface area contributed by atoms with E-state index in [1.54, 1.807) is 25.1 Å². The fraction of sp³-hybridized carbons (Fsp3) is 0.300.